The van der Waals surface area contributed by atoms with Gasteiger partial charge in [-0.15, -0.1) is 0 Å². The van der Waals surface area contributed by atoms with Crippen molar-refractivity contribution in [3.05, 3.63) is 17.0 Å². The standard InChI is InChI=1S/C12H19N3O4/c1-4-9(5-11(16)17)14-12(18)13-6-10-7(2)15-19-8(10)3/h9H,4-6H2,1-3H3,(H,16,17)(H2,13,14,18). The summed E-state index contributed by atoms with van der Waals surface area (Å²) in [7, 11) is 0. The van der Waals surface area contributed by atoms with E-state index >= 15 is 0 Å². The van der Waals surface area contributed by atoms with E-state index in [0.717, 1.165) is 11.3 Å². The minimum atomic E-state index is -0.933. The Labute approximate surface area is 111 Å². The number of carboxylic acids is 1. The zero-order chi connectivity index (χ0) is 14.4. The first-order valence-corrected chi connectivity index (χ1v) is 6.12. The molecule has 0 radical (unpaired) electrons. The fourth-order valence-electron chi connectivity index (χ4n) is 1.67. The van der Waals surface area contributed by atoms with Crippen molar-refractivity contribution in [1.82, 2.24) is 15.8 Å². The summed E-state index contributed by atoms with van der Waals surface area (Å²) >= 11 is 0. The predicted octanol–water partition coefficient (Wildman–Crippen LogP) is 1.34. The molecule has 7 nitrogen and oxygen atoms in total. The number of aliphatic carboxylic acids is 1. The lowest BCUT2D eigenvalue weighted by Crippen LogP contribution is -2.42. The Morgan fingerprint density at radius 2 is 2.11 bits per heavy atom. The molecule has 1 atom stereocenters. The zero-order valence-corrected chi connectivity index (χ0v) is 11.3. The minimum absolute atomic E-state index is 0.0881. The normalized spacial score (nSPS) is 11.9. The Morgan fingerprint density at radius 1 is 1.42 bits per heavy atom. The Kier molecular flexibility index (Phi) is 5.35. The molecule has 1 heterocycles. The Bertz CT molecular complexity index is 436. The zero-order valence-electron chi connectivity index (χ0n) is 11.3. The van der Waals surface area contributed by atoms with Gasteiger partial charge in [0.15, 0.2) is 0 Å². The van der Waals surface area contributed by atoms with Crippen molar-refractivity contribution >= 4 is 12.0 Å². The summed E-state index contributed by atoms with van der Waals surface area (Å²) in [6.45, 7) is 5.69. The summed E-state index contributed by atoms with van der Waals surface area (Å²) in [5.41, 5.74) is 1.57. The van der Waals surface area contributed by atoms with Gasteiger partial charge in [-0.25, -0.2) is 4.79 Å². The van der Waals surface area contributed by atoms with Crippen LogP contribution >= 0.6 is 0 Å². The van der Waals surface area contributed by atoms with Gasteiger partial charge in [-0.3, -0.25) is 4.79 Å². The van der Waals surface area contributed by atoms with Crippen LogP contribution in [0, 0.1) is 13.8 Å². The number of rotatable bonds is 6. The van der Waals surface area contributed by atoms with Gasteiger partial charge in [0.1, 0.15) is 5.76 Å². The number of carboxylic acid groups (broad SMARTS) is 1. The van der Waals surface area contributed by atoms with Crippen molar-refractivity contribution in [3.63, 3.8) is 0 Å². The van der Waals surface area contributed by atoms with Crippen molar-refractivity contribution in [1.29, 1.82) is 0 Å². The maximum Gasteiger partial charge on any atom is 0.315 e. The van der Waals surface area contributed by atoms with Crippen LogP contribution in [0.1, 0.15) is 36.8 Å². The highest BCUT2D eigenvalue weighted by molar-refractivity contribution is 5.75. The summed E-state index contributed by atoms with van der Waals surface area (Å²) in [4.78, 5) is 22.2. The Morgan fingerprint density at radius 3 is 2.58 bits per heavy atom. The molecule has 0 fully saturated rings. The van der Waals surface area contributed by atoms with Crippen LogP contribution in [-0.4, -0.2) is 28.3 Å². The first-order valence-electron chi connectivity index (χ1n) is 6.12. The van der Waals surface area contributed by atoms with Gasteiger partial charge in [0.05, 0.1) is 12.1 Å². The maximum absolute atomic E-state index is 11.6. The number of urea groups is 1. The molecule has 0 aliphatic carbocycles. The summed E-state index contributed by atoms with van der Waals surface area (Å²) in [5.74, 6) is -0.270. The van der Waals surface area contributed by atoms with Crippen molar-refractivity contribution in [2.45, 2.75) is 46.2 Å². The summed E-state index contributed by atoms with van der Waals surface area (Å²) in [6.07, 6.45) is 0.473. The van der Waals surface area contributed by atoms with Gasteiger partial charge in [0.25, 0.3) is 0 Å². The minimum Gasteiger partial charge on any atom is -0.481 e. The van der Waals surface area contributed by atoms with Gasteiger partial charge >= 0.3 is 12.0 Å². The molecule has 1 unspecified atom stereocenters. The molecule has 1 aromatic heterocycles. The fraction of sp³-hybridized carbons (Fsp3) is 0.583. The maximum atomic E-state index is 11.6. The number of carbonyl (C=O) groups excluding carboxylic acids is 1. The predicted molar refractivity (Wildman–Crippen MR) is 67.7 cm³/mol. The second-order valence-corrected chi connectivity index (χ2v) is 4.33. The smallest absolute Gasteiger partial charge is 0.315 e. The van der Waals surface area contributed by atoms with Crippen LogP contribution in [0.25, 0.3) is 0 Å². The molecule has 2 amide bonds. The first-order chi connectivity index (χ1) is 8.93. The van der Waals surface area contributed by atoms with Crippen molar-refractivity contribution in [2.24, 2.45) is 0 Å². The summed E-state index contributed by atoms with van der Waals surface area (Å²) < 4.78 is 4.98. The van der Waals surface area contributed by atoms with E-state index in [-0.39, 0.29) is 12.5 Å². The van der Waals surface area contributed by atoms with E-state index < -0.39 is 12.0 Å². The second kappa shape index (κ2) is 6.77. The Hall–Kier alpha value is -2.05. The molecule has 106 valence electrons. The van der Waals surface area contributed by atoms with Crippen LogP contribution < -0.4 is 10.6 Å². The monoisotopic (exact) mass is 269 g/mol. The number of nitrogens with zero attached hydrogens (tertiary/aromatic N) is 1. The summed E-state index contributed by atoms with van der Waals surface area (Å²) in [5, 5.41) is 17.8. The van der Waals surface area contributed by atoms with Gasteiger partial charge in [0, 0.05) is 18.2 Å². The Balaban J connectivity index is 2.45. The summed E-state index contributed by atoms with van der Waals surface area (Å²) in [6, 6.07) is -0.768. The third kappa shape index (κ3) is 4.61. The average Bonchev–Trinajstić information content (AvgIpc) is 2.65. The number of nitrogens with one attached hydrogen (secondary N) is 2. The van der Waals surface area contributed by atoms with Crippen LogP contribution in [0.5, 0.6) is 0 Å². The van der Waals surface area contributed by atoms with Gasteiger partial charge < -0.3 is 20.3 Å². The molecule has 1 aromatic rings. The van der Waals surface area contributed by atoms with Crippen molar-refractivity contribution in [2.75, 3.05) is 0 Å². The third-order valence-electron chi connectivity index (χ3n) is 2.86. The number of hydrogen-bond acceptors (Lipinski definition) is 4. The highest BCUT2D eigenvalue weighted by Crippen LogP contribution is 2.11. The van der Waals surface area contributed by atoms with Crippen molar-refractivity contribution < 1.29 is 19.2 Å². The molecule has 0 saturated carbocycles. The molecule has 19 heavy (non-hydrogen) atoms. The molecule has 1 rings (SSSR count). The van der Waals surface area contributed by atoms with Gasteiger partial charge in [0.2, 0.25) is 0 Å². The SMILES string of the molecule is CCC(CC(=O)O)NC(=O)NCc1c(C)noc1C. The number of aryl methyl sites for hydroxylation is 2. The molecule has 0 aliphatic heterocycles. The van der Waals surface area contributed by atoms with Gasteiger partial charge in [-0.1, -0.05) is 12.1 Å². The number of hydrogen-bond donors (Lipinski definition) is 3. The van der Waals surface area contributed by atoms with Crippen molar-refractivity contribution in [3.8, 4) is 0 Å². The van der Waals surface area contributed by atoms with E-state index in [2.05, 4.69) is 15.8 Å². The molecule has 3 N–H and O–H groups in total. The topological polar surface area (TPSA) is 104 Å². The largest absolute Gasteiger partial charge is 0.481 e. The van der Waals surface area contributed by atoms with E-state index in [1.807, 2.05) is 6.92 Å². The van der Waals surface area contributed by atoms with E-state index in [4.69, 9.17) is 9.63 Å². The fourth-order valence-corrected chi connectivity index (χ4v) is 1.67. The van der Waals surface area contributed by atoms with E-state index in [1.54, 1.807) is 13.8 Å². The highest BCUT2D eigenvalue weighted by atomic mass is 16.5. The van der Waals surface area contributed by atoms with Crippen LogP contribution in [0.3, 0.4) is 0 Å². The molecular weight excluding hydrogens is 250 g/mol. The molecular formula is C12H19N3O4. The van der Waals surface area contributed by atoms with E-state index in [0.29, 0.717) is 18.7 Å². The molecule has 0 saturated heterocycles. The van der Waals surface area contributed by atoms with E-state index in [9.17, 15) is 9.59 Å². The van der Waals surface area contributed by atoms with Crippen LogP contribution in [0.2, 0.25) is 0 Å². The molecule has 0 spiro atoms. The highest BCUT2D eigenvalue weighted by Gasteiger charge is 2.15. The average molecular weight is 269 g/mol. The lowest BCUT2D eigenvalue weighted by molar-refractivity contribution is -0.137. The van der Waals surface area contributed by atoms with Crippen LogP contribution in [-0.2, 0) is 11.3 Å². The molecule has 0 aromatic carbocycles. The lowest BCUT2D eigenvalue weighted by Gasteiger charge is -2.15. The van der Waals surface area contributed by atoms with Gasteiger partial charge in [-0.05, 0) is 20.3 Å². The second-order valence-electron chi connectivity index (χ2n) is 4.33. The molecule has 0 aliphatic rings. The quantitative estimate of drug-likeness (QED) is 0.723. The molecule has 0 bridgehead atoms. The lowest BCUT2D eigenvalue weighted by atomic mass is 10.1. The third-order valence-corrected chi connectivity index (χ3v) is 2.86. The first kappa shape index (κ1) is 15.0. The van der Waals surface area contributed by atoms with Gasteiger partial charge in [-0.2, -0.15) is 0 Å². The number of amides is 2. The van der Waals surface area contributed by atoms with Crippen LogP contribution in [0.15, 0.2) is 4.52 Å². The van der Waals surface area contributed by atoms with E-state index in [1.165, 1.54) is 0 Å². The number of aromatic nitrogens is 1. The van der Waals surface area contributed by atoms with Crippen LogP contribution in [0.4, 0.5) is 4.79 Å². The molecule has 7 heteroatoms. The number of carbonyl (C=O) groups is 2.